The standard InChI is InChI=1S/C32H32N2/c1-20(2)23-13-9-14-24(21(3)4)30(23)34-19-33-27-18-17-22-11-7-8-12-25(22)29(27)32(5,6)26-15-10-16-28(34)31(26)33/h7-18,20-21H,1-6H3. The van der Waals surface area contributed by atoms with E-state index in [2.05, 4.69) is 130 Å². The van der Waals surface area contributed by atoms with Crippen LogP contribution in [0.15, 0.2) is 72.8 Å². The highest BCUT2D eigenvalue weighted by atomic mass is 15.2. The van der Waals surface area contributed by atoms with Crippen LogP contribution in [0.5, 0.6) is 0 Å². The molecule has 0 radical (unpaired) electrons. The van der Waals surface area contributed by atoms with Crippen LogP contribution in [-0.4, -0.2) is 4.57 Å². The SMILES string of the molecule is CC(C)c1cccc(C(C)C)c1-n1[c-][n+]2c3c(cccc31)C(C)(C)c1c-2ccc2ccccc12. The molecule has 5 aromatic rings. The quantitative estimate of drug-likeness (QED) is 0.199. The molecule has 6 rings (SSSR count). The van der Waals surface area contributed by atoms with E-state index < -0.39 is 0 Å². The number of hydrogen-bond acceptors (Lipinski definition) is 0. The number of para-hydroxylation sites is 2. The molecule has 1 aliphatic rings. The first kappa shape index (κ1) is 21.2. The van der Waals surface area contributed by atoms with Crippen LogP contribution in [0.4, 0.5) is 0 Å². The van der Waals surface area contributed by atoms with Gasteiger partial charge in [0.1, 0.15) is 0 Å². The van der Waals surface area contributed by atoms with Crippen LogP contribution in [0.2, 0.25) is 0 Å². The Hall–Kier alpha value is -3.39. The van der Waals surface area contributed by atoms with E-state index >= 15 is 0 Å². The number of rotatable bonds is 3. The fraction of sp³-hybridized carbons (Fsp3) is 0.281. The molecule has 0 saturated carbocycles. The van der Waals surface area contributed by atoms with Crippen LogP contribution in [0, 0.1) is 6.33 Å². The number of hydrogen-bond donors (Lipinski definition) is 0. The van der Waals surface area contributed by atoms with Gasteiger partial charge in [-0.25, -0.2) is 0 Å². The lowest BCUT2D eigenvalue weighted by Crippen LogP contribution is -2.41. The fourth-order valence-electron chi connectivity index (χ4n) is 6.01. The molecule has 34 heavy (non-hydrogen) atoms. The smallest absolute Gasteiger partial charge is 0.269 e. The van der Waals surface area contributed by atoms with Crippen molar-refractivity contribution in [3.8, 4) is 11.4 Å². The van der Waals surface area contributed by atoms with Crippen LogP contribution >= 0.6 is 0 Å². The van der Waals surface area contributed by atoms with E-state index in [1.165, 1.54) is 55.4 Å². The highest BCUT2D eigenvalue weighted by Crippen LogP contribution is 2.44. The minimum atomic E-state index is -0.117. The minimum Gasteiger partial charge on any atom is -0.291 e. The summed E-state index contributed by atoms with van der Waals surface area (Å²) >= 11 is 0. The van der Waals surface area contributed by atoms with Crippen molar-refractivity contribution < 1.29 is 4.57 Å². The van der Waals surface area contributed by atoms with Gasteiger partial charge in [0.2, 0.25) is 0 Å². The van der Waals surface area contributed by atoms with E-state index in [0.29, 0.717) is 11.8 Å². The fourth-order valence-corrected chi connectivity index (χ4v) is 6.01. The van der Waals surface area contributed by atoms with Gasteiger partial charge in [0.15, 0.2) is 0 Å². The topological polar surface area (TPSA) is 8.81 Å². The third-order valence-corrected chi connectivity index (χ3v) is 7.69. The summed E-state index contributed by atoms with van der Waals surface area (Å²) in [5, 5.41) is 2.61. The van der Waals surface area contributed by atoms with Crippen LogP contribution < -0.4 is 4.57 Å². The molecule has 0 spiro atoms. The van der Waals surface area contributed by atoms with Crippen molar-refractivity contribution in [2.45, 2.75) is 58.8 Å². The summed E-state index contributed by atoms with van der Waals surface area (Å²) in [7, 11) is 0. The van der Waals surface area contributed by atoms with Gasteiger partial charge in [0, 0.05) is 5.41 Å². The zero-order valence-electron chi connectivity index (χ0n) is 21.0. The maximum atomic E-state index is 3.83. The molecule has 0 bridgehead atoms. The van der Waals surface area contributed by atoms with Gasteiger partial charge < -0.3 is 0 Å². The molecular formula is C32H32N2. The van der Waals surface area contributed by atoms with Gasteiger partial charge in [-0.3, -0.25) is 9.13 Å². The maximum absolute atomic E-state index is 3.83. The van der Waals surface area contributed by atoms with Crippen molar-refractivity contribution in [3.63, 3.8) is 0 Å². The highest BCUT2D eigenvalue weighted by Gasteiger charge is 2.36. The largest absolute Gasteiger partial charge is 0.291 e. The second-order valence-corrected chi connectivity index (χ2v) is 10.8. The van der Waals surface area contributed by atoms with Crippen LogP contribution in [0.1, 0.15) is 75.6 Å². The van der Waals surface area contributed by atoms with E-state index in [1.807, 2.05) is 0 Å². The van der Waals surface area contributed by atoms with Crippen molar-refractivity contribution in [2.75, 3.05) is 0 Å². The summed E-state index contributed by atoms with van der Waals surface area (Å²) in [5.41, 5.74) is 10.4. The lowest BCUT2D eigenvalue weighted by atomic mass is 9.73. The normalized spacial score (nSPS) is 14.4. The molecule has 0 atom stereocenters. The van der Waals surface area contributed by atoms with Crippen molar-refractivity contribution in [3.05, 3.63) is 101 Å². The van der Waals surface area contributed by atoms with Crippen LogP contribution in [0.25, 0.3) is 33.2 Å². The molecule has 2 nitrogen and oxygen atoms in total. The summed E-state index contributed by atoms with van der Waals surface area (Å²) in [4.78, 5) is 0. The van der Waals surface area contributed by atoms with Gasteiger partial charge in [0.05, 0.1) is 22.4 Å². The highest BCUT2D eigenvalue weighted by molar-refractivity contribution is 5.92. The summed E-state index contributed by atoms with van der Waals surface area (Å²) in [6, 6.07) is 26.9. The van der Waals surface area contributed by atoms with Crippen LogP contribution in [0.3, 0.4) is 0 Å². The molecular weight excluding hydrogens is 412 g/mol. The first-order valence-corrected chi connectivity index (χ1v) is 12.5. The van der Waals surface area contributed by atoms with E-state index in [-0.39, 0.29) is 5.41 Å². The number of benzene rings is 4. The Kier molecular flexibility index (Phi) is 4.55. The Bertz CT molecular complexity index is 1550. The van der Waals surface area contributed by atoms with E-state index in [9.17, 15) is 0 Å². The molecule has 0 saturated heterocycles. The first-order valence-electron chi connectivity index (χ1n) is 12.5. The van der Waals surface area contributed by atoms with Crippen molar-refractivity contribution in [1.29, 1.82) is 0 Å². The van der Waals surface area contributed by atoms with E-state index in [4.69, 9.17) is 0 Å². The molecule has 0 fully saturated rings. The third-order valence-electron chi connectivity index (χ3n) is 7.69. The molecule has 0 aliphatic carbocycles. The van der Waals surface area contributed by atoms with E-state index in [1.54, 1.807) is 0 Å². The van der Waals surface area contributed by atoms with Gasteiger partial charge in [-0.2, -0.15) is 0 Å². The predicted molar refractivity (Wildman–Crippen MR) is 141 cm³/mol. The van der Waals surface area contributed by atoms with Gasteiger partial charge in [-0.15, -0.1) is 0 Å². The first-order chi connectivity index (χ1) is 16.3. The van der Waals surface area contributed by atoms with Gasteiger partial charge in [0.25, 0.3) is 6.33 Å². The Balaban J connectivity index is 1.77. The summed E-state index contributed by atoms with van der Waals surface area (Å²) in [6.07, 6.45) is 3.83. The van der Waals surface area contributed by atoms with Crippen molar-refractivity contribution in [1.82, 2.24) is 4.57 Å². The molecule has 0 unspecified atom stereocenters. The summed E-state index contributed by atoms with van der Waals surface area (Å²) in [6.45, 7) is 13.9. The molecule has 0 amide bonds. The molecule has 2 heteroatoms. The number of imidazole rings is 1. The summed E-state index contributed by atoms with van der Waals surface area (Å²) in [5.74, 6) is 0.850. The minimum absolute atomic E-state index is 0.117. The number of fused-ring (bicyclic) bond motifs is 4. The molecule has 4 aromatic carbocycles. The predicted octanol–water partition coefficient (Wildman–Crippen LogP) is 7.75. The third kappa shape index (κ3) is 2.78. The average molecular weight is 445 g/mol. The zero-order valence-corrected chi connectivity index (χ0v) is 21.0. The Labute approximate surface area is 202 Å². The second-order valence-electron chi connectivity index (χ2n) is 10.8. The van der Waals surface area contributed by atoms with E-state index in [0.717, 1.165) is 0 Å². The molecule has 1 aromatic heterocycles. The molecule has 2 heterocycles. The monoisotopic (exact) mass is 444 g/mol. The summed E-state index contributed by atoms with van der Waals surface area (Å²) < 4.78 is 4.66. The Morgan fingerprint density at radius 1 is 0.765 bits per heavy atom. The van der Waals surface area contributed by atoms with Gasteiger partial charge >= 0.3 is 0 Å². The number of aromatic nitrogens is 2. The average Bonchev–Trinajstić information content (AvgIpc) is 3.21. The zero-order chi connectivity index (χ0) is 23.8. The van der Waals surface area contributed by atoms with Crippen molar-refractivity contribution in [2.24, 2.45) is 0 Å². The Morgan fingerprint density at radius 2 is 1.44 bits per heavy atom. The second kappa shape index (κ2) is 7.30. The molecule has 0 N–H and O–H groups in total. The maximum Gasteiger partial charge on any atom is 0.269 e. The number of nitrogens with zero attached hydrogens (tertiary/aromatic N) is 2. The Morgan fingerprint density at radius 3 is 2.15 bits per heavy atom. The lowest BCUT2D eigenvalue weighted by molar-refractivity contribution is -0.575. The molecule has 170 valence electrons. The van der Waals surface area contributed by atoms with Crippen molar-refractivity contribution >= 4 is 21.8 Å². The lowest BCUT2D eigenvalue weighted by Gasteiger charge is -2.35. The van der Waals surface area contributed by atoms with Gasteiger partial charge in [-0.1, -0.05) is 108 Å². The van der Waals surface area contributed by atoms with Gasteiger partial charge in [-0.05, 0) is 50.9 Å². The molecule has 1 aliphatic heterocycles. The van der Waals surface area contributed by atoms with Crippen LogP contribution in [-0.2, 0) is 5.41 Å².